The predicted octanol–water partition coefficient (Wildman–Crippen LogP) is 5.33. The number of fused-ring (bicyclic) bond motifs is 1. The van der Waals surface area contributed by atoms with E-state index in [2.05, 4.69) is 60.8 Å². The van der Waals surface area contributed by atoms with Crippen molar-refractivity contribution in [1.82, 2.24) is 0 Å². The van der Waals surface area contributed by atoms with Crippen LogP contribution in [0.15, 0.2) is 53.4 Å². The monoisotopic (exact) mass is 297 g/mol. The van der Waals surface area contributed by atoms with Gasteiger partial charge in [0.15, 0.2) is 0 Å². The smallest absolute Gasteiger partial charge is 0.0340 e. The molecule has 1 unspecified atom stereocenters. The summed E-state index contributed by atoms with van der Waals surface area (Å²) in [4.78, 5) is 1.46. The van der Waals surface area contributed by atoms with E-state index in [4.69, 9.17) is 0 Å². The van der Waals surface area contributed by atoms with Crippen LogP contribution in [-0.4, -0.2) is 12.3 Å². The minimum Gasteiger partial charge on any atom is -0.384 e. The van der Waals surface area contributed by atoms with E-state index in [1.807, 2.05) is 11.8 Å². The van der Waals surface area contributed by atoms with Crippen molar-refractivity contribution in [2.24, 2.45) is 0 Å². The van der Waals surface area contributed by atoms with E-state index in [9.17, 15) is 0 Å². The summed E-state index contributed by atoms with van der Waals surface area (Å²) in [7, 11) is 0. The minimum absolute atomic E-state index is 0.631. The van der Waals surface area contributed by atoms with Gasteiger partial charge in [-0.05, 0) is 42.2 Å². The molecule has 1 atom stereocenters. The number of rotatable bonds is 6. The van der Waals surface area contributed by atoms with Crippen LogP contribution < -0.4 is 5.32 Å². The van der Waals surface area contributed by atoms with Crippen LogP contribution in [-0.2, 0) is 6.42 Å². The van der Waals surface area contributed by atoms with Crippen LogP contribution in [0.3, 0.4) is 0 Å². The second-order valence-corrected chi connectivity index (χ2v) is 6.79. The lowest BCUT2D eigenvalue weighted by Crippen LogP contribution is -2.12. The Morgan fingerprint density at radius 2 is 1.90 bits per heavy atom. The fourth-order valence-electron chi connectivity index (χ4n) is 2.81. The maximum Gasteiger partial charge on any atom is 0.0340 e. The molecule has 1 N–H and O–H groups in total. The molecule has 0 spiro atoms. The SMILES string of the molecule is CCCCc1ccc(NCC2CSc3ccccc32)cc1. The van der Waals surface area contributed by atoms with Gasteiger partial charge in [-0.3, -0.25) is 0 Å². The molecule has 0 saturated heterocycles. The van der Waals surface area contributed by atoms with Gasteiger partial charge >= 0.3 is 0 Å². The highest BCUT2D eigenvalue weighted by Gasteiger charge is 2.22. The summed E-state index contributed by atoms with van der Waals surface area (Å²) >= 11 is 1.98. The quantitative estimate of drug-likeness (QED) is 0.773. The lowest BCUT2D eigenvalue weighted by molar-refractivity contribution is 0.794. The lowest BCUT2D eigenvalue weighted by Gasteiger charge is -2.13. The molecule has 0 bridgehead atoms. The van der Waals surface area contributed by atoms with Crippen LogP contribution >= 0.6 is 11.8 Å². The molecule has 110 valence electrons. The minimum atomic E-state index is 0.631. The van der Waals surface area contributed by atoms with Crippen LogP contribution in [0.25, 0.3) is 0 Å². The molecule has 3 rings (SSSR count). The summed E-state index contributed by atoms with van der Waals surface area (Å²) in [6.07, 6.45) is 3.74. The van der Waals surface area contributed by atoms with Gasteiger partial charge in [-0.15, -0.1) is 11.8 Å². The summed E-state index contributed by atoms with van der Waals surface area (Å²) < 4.78 is 0. The van der Waals surface area contributed by atoms with Crippen molar-refractivity contribution in [3.05, 3.63) is 59.7 Å². The van der Waals surface area contributed by atoms with Crippen LogP contribution in [0.4, 0.5) is 5.69 Å². The Morgan fingerprint density at radius 1 is 1.10 bits per heavy atom. The van der Waals surface area contributed by atoms with E-state index >= 15 is 0 Å². The van der Waals surface area contributed by atoms with Gasteiger partial charge < -0.3 is 5.32 Å². The van der Waals surface area contributed by atoms with Gasteiger partial charge in [-0.1, -0.05) is 43.7 Å². The van der Waals surface area contributed by atoms with Gasteiger partial charge in [0.05, 0.1) is 0 Å². The average Bonchev–Trinajstić information content (AvgIpc) is 2.95. The van der Waals surface area contributed by atoms with E-state index in [-0.39, 0.29) is 0 Å². The molecule has 1 nitrogen and oxygen atoms in total. The highest BCUT2D eigenvalue weighted by molar-refractivity contribution is 7.99. The summed E-state index contributed by atoms with van der Waals surface area (Å²) in [5, 5.41) is 3.60. The van der Waals surface area contributed by atoms with Gasteiger partial charge in [0, 0.05) is 28.8 Å². The molecule has 1 heterocycles. The van der Waals surface area contributed by atoms with E-state index in [1.54, 1.807) is 0 Å². The first-order valence-electron chi connectivity index (χ1n) is 7.91. The van der Waals surface area contributed by atoms with Crippen molar-refractivity contribution >= 4 is 17.4 Å². The van der Waals surface area contributed by atoms with E-state index in [0.717, 1.165) is 6.54 Å². The normalized spacial score (nSPS) is 16.7. The third-order valence-corrected chi connectivity index (χ3v) is 5.38. The molecular weight excluding hydrogens is 274 g/mol. The zero-order chi connectivity index (χ0) is 14.5. The van der Waals surface area contributed by atoms with E-state index in [0.29, 0.717) is 5.92 Å². The zero-order valence-electron chi connectivity index (χ0n) is 12.6. The maximum absolute atomic E-state index is 3.60. The fraction of sp³-hybridized carbons (Fsp3) is 0.368. The van der Waals surface area contributed by atoms with Gasteiger partial charge in [0.25, 0.3) is 0 Å². The average molecular weight is 297 g/mol. The van der Waals surface area contributed by atoms with Crippen LogP contribution in [0.1, 0.15) is 36.8 Å². The number of nitrogens with one attached hydrogen (secondary N) is 1. The largest absolute Gasteiger partial charge is 0.384 e. The van der Waals surface area contributed by atoms with Gasteiger partial charge in [0.2, 0.25) is 0 Å². The molecule has 0 saturated carbocycles. The maximum atomic E-state index is 3.60. The van der Waals surface area contributed by atoms with Gasteiger partial charge in [0.1, 0.15) is 0 Å². The molecule has 0 aliphatic carbocycles. The zero-order valence-corrected chi connectivity index (χ0v) is 13.5. The standard InChI is InChI=1S/C19H23NS/c1-2-3-6-15-9-11-17(12-10-15)20-13-16-14-21-19-8-5-4-7-18(16)19/h4-5,7-12,16,20H,2-3,6,13-14H2,1H3. The molecule has 1 aliphatic heterocycles. The predicted molar refractivity (Wildman–Crippen MR) is 93.5 cm³/mol. The summed E-state index contributed by atoms with van der Waals surface area (Å²) in [6.45, 7) is 3.27. The van der Waals surface area contributed by atoms with E-state index < -0.39 is 0 Å². The highest BCUT2D eigenvalue weighted by Crippen LogP contribution is 2.39. The molecular formula is C19H23NS. The second-order valence-electron chi connectivity index (χ2n) is 5.73. The van der Waals surface area contributed by atoms with Crippen molar-refractivity contribution in [1.29, 1.82) is 0 Å². The third-order valence-electron chi connectivity index (χ3n) is 4.12. The molecule has 2 heteroatoms. The number of benzene rings is 2. The van der Waals surface area contributed by atoms with E-state index in [1.165, 1.54) is 46.7 Å². The summed E-state index contributed by atoms with van der Waals surface area (Å²) in [5.74, 6) is 1.83. The molecule has 0 fully saturated rings. The topological polar surface area (TPSA) is 12.0 Å². The Kier molecular flexibility index (Phi) is 4.87. The summed E-state index contributed by atoms with van der Waals surface area (Å²) in [6, 6.07) is 17.8. The van der Waals surface area contributed by atoms with Crippen LogP contribution in [0, 0.1) is 0 Å². The highest BCUT2D eigenvalue weighted by atomic mass is 32.2. The molecule has 2 aromatic carbocycles. The Morgan fingerprint density at radius 3 is 2.71 bits per heavy atom. The molecule has 0 aromatic heterocycles. The first-order chi connectivity index (χ1) is 10.4. The van der Waals surface area contributed by atoms with Crippen molar-refractivity contribution in [2.45, 2.75) is 37.0 Å². The van der Waals surface area contributed by atoms with Crippen molar-refractivity contribution < 1.29 is 0 Å². The number of hydrogen-bond donors (Lipinski definition) is 1. The Hall–Kier alpha value is -1.41. The van der Waals surface area contributed by atoms with Gasteiger partial charge in [-0.25, -0.2) is 0 Å². The van der Waals surface area contributed by atoms with Crippen LogP contribution in [0.2, 0.25) is 0 Å². The first kappa shape index (κ1) is 14.5. The molecule has 0 radical (unpaired) electrons. The number of thioether (sulfide) groups is 1. The first-order valence-corrected chi connectivity index (χ1v) is 8.90. The number of anilines is 1. The number of aryl methyl sites for hydroxylation is 1. The number of hydrogen-bond acceptors (Lipinski definition) is 2. The van der Waals surface area contributed by atoms with Crippen molar-refractivity contribution in [3.63, 3.8) is 0 Å². The Bertz CT molecular complexity index is 576. The van der Waals surface area contributed by atoms with Crippen LogP contribution in [0.5, 0.6) is 0 Å². The van der Waals surface area contributed by atoms with Gasteiger partial charge in [-0.2, -0.15) is 0 Å². The molecule has 0 amide bonds. The Balaban J connectivity index is 1.56. The molecule has 1 aliphatic rings. The number of unbranched alkanes of at least 4 members (excludes halogenated alkanes) is 1. The lowest BCUT2D eigenvalue weighted by atomic mass is 10.0. The van der Waals surface area contributed by atoms with Crippen molar-refractivity contribution in [3.8, 4) is 0 Å². The second kappa shape index (κ2) is 7.04. The third kappa shape index (κ3) is 3.62. The Labute approximate surface area is 132 Å². The van der Waals surface area contributed by atoms with Crippen molar-refractivity contribution in [2.75, 3.05) is 17.6 Å². The summed E-state index contributed by atoms with van der Waals surface area (Å²) in [5.41, 5.74) is 4.20. The fourth-order valence-corrected chi connectivity index (χ4v) is 4.06. The molecule has 21 heavy (non-hydrogen) atoms. The molecule has 2 aromatic rings.